The van der Waals surface area contributed by atoms with E-state index in [2.05, 4.69) is 4.98 Å². The number of primary amides is 1. The Bertz CT molecular complexity index is 586. The Balaban J connectivity index is 2.01. The number of nitrogen functional groups attached to an aromatic ring is 1. The molecule has 5 heteroatoms. The van der Waals surface area contributed by atoms with Gasteiger partial charge >= 0.3 is 0 Å². The molecule has 0 bridgehead atoms. The van der Waals surface area contributed by atoms with Crippen LogP contribution in [0.5, 0.6) is 0 Å². The summed E-state index contributed by atoms with van der Waals surface area (Å²) in [4.78, 5) is 17.3. The fraction of sp³-hybridized carbons (Fsp3) is 0.250. The molecule has 0 spiro atoms. The minimum atomic E-state index is -0.337. The highest BCUT2D eigenvalue weighted by atomic mass is 16.1. The van der Waals surface area contributed by atoms with Crippen molar-refractivity contribution in [3.63, 3.8) is 0 Å². The molecule has 0 fully saturated rings. The molecule has 0 unspecified atom stereocenters. The topological polar surface area (TPSA) is 85.2 Å². The Morgan fingerprint density at radius 1 is 1.19 bits per heavy atom. The molecule has 0 atom stereocenters. The van der Waals surface area contributed by atoms with Crippen LogP contribution in [-0.2, 0) is 17.8 Å². The number of amides is 1. The Hall–Kier alpha value is -2.40. The van der Waals surface area contributed by atoms with Gasteiger partial charge in [-0.1, -0.05) is 24.3 Å². The summed E-state index contributed by atoms with van der Waals surface area (Å²) < 4.78 is 0. The molecular formula is C16H20N4O. The maximum atomic E-state index is 11.2. The highest BCUT2D eigenvalue weighted by Crippen LogP contribution is 2.13. The number of anilines is 1. The van der Waals surface area contributed by atoms with Gasteiger partial charge in [-0.3, -0.25) is 14.7 Å². The van der Waals surface area contributed by atoms with Crippen LogP contribution in [-0.4, -0.2) is 28.9 Å². The summed E-state index contributed by atoms with van der Waals surface area (Å²) in [5.41, 5.74) is 14.2. The molecular weight excluding hydrogens is 264 g/mol. The van der Waals surface area contributed by atoms with E-state index in [0.29, 0.717) is 6.54 Å². The molecule has 1 amide bonds. The van der Waals surface area contributed by atoms with Crippen LogP contribution in [0.3, 0.4) is 0 Å². The lowest BCUT2D eigenvalue weighted by Crippen LogP contribution is -2.35. The average molecular weight is 284 g/mol. The monoisotopic (exact) mass is 284 g/mol. The van der Waals surface area contributed by atoms with Gasteiger partial charge in [0.1, 0.15) is 0 Å². The van der Waals surface area contributed by atoms with E-state index in [1.54, 1.807) is 6.20 Å². The molecule has 0 aliphatic carbocycles. The van der Waals surface area contributed by atoms with Crippen molar-refractivity contribution in [2.75, 3.05) is 18.8 Å². The predicted octanol–water partition coefficient (Wildman–Crippen LogP) is 1.19. The van der Waals surface area contributed by atoms with Crippen LogP contribution in [0.15, 0.2) is 48.8 Å². The van der Waals surface area contributed by atoms with Gasteiger partial charge in [0, 0.05) is 31.2 Å². The van der Waals surface area contributed by atoms with Gasteiger partial charge in [0.25, 0.3) is 0 Å². The van der Waals surface area contributed by atoms with Crippen LogP contribution >= 0.6 is 0 Å². The first-order valence-corrected chi connectivity index (χ1v) is 6.88. The molecule has 1 heterocycles. The van der Waals surface area contributed by atoms with Crippen molar-refractivity contribution >= 4 is 11.6 Å². The van der Waals surface area contributed by atoms with Gasteiger partial charge in [0.2, 0.25) is 5.91 Å². The minimum absolute atomic E-state index is 0.217. The second-order valence-electron chi connectivity index (χ2n) is 4.99. The van der Waals surface area contributed by atoms with Crippen LogP contribution < -0.4 is 11.5 Å². The molecule has 2 aromatic rings. The molecule has 2 rings (SSSR count). The molecule has 0 saturated carbocycles. The van der Waals surface area contributed by atoms with Gasteiger partial charge in [-0.05, 0) is 29.7 Å². The van der Waals surface area contributed by atoms with E-state index >= 15 is 0 Å². The molecule has 0 radical (unpaired) electrons. The largest absolute Gasteiger partial charge is 0.398 e. The third-order valence-corrected chi connectivity index (χ3v) is 3.27. The highest BCUT2D eigenvalue weighted by Gasteiger charge is 2.11. The minimum Gasteiger partial charge on any atom is -0.398 e. The zero-order valence-corrected chi connectivity index (χ0v) is 11.9. The molecule has 1 aromatic heterocycles. The van der Waals surface area contributed by atoms with Crippen molar-refractivity contribution in [2.24, 2.45) is 5.73 Å². The molecule has 5 nitrogen and oxygen atoms in total. The first-order chi connectivity index (χ1) is 10.1. The number of carbonyl (C=O) groups is 1. The number of carbonyl (C=O) groups excluding carboxylic acids is 1. The molecule has 0 aliphatic heterocycles. The number of hydrogen-bond donors (Lipinski definition) is 2. The summed E-state index contributed by atoms with van der Waals surface area (Å²) in [7, 11) is 0. The Morgan fingerprint density at radius 2 is 2.00 bits per heavy atom. The fourth-order valence-electron chi connectivity index (χ4n) is 2.19. The van der Waals surface area contributed by atoms with Gasteiger partial charge in [-0.2, -0.15) is 0 Å². The lowest BCUT2D eigenvalue weighted by Gasteiger charge is -2.21. The molecule has 1 aromatic carbocycles. The number of rotatable bonds is 7. The van der Waals surface area contributed by atoms with E-state index in [0.717, 1.165) is 29.8 Å². The number of nitrogens with zero attached hydrogens (tertiary/aromatic N) is 2. The third kappa shape index (κ3) is 4.89. The smallest absolute Gasteiger partial charge is 0.231 e. The lowest BCUT2D eigenvalue weighted by atomic mass is 10.1. The van der Waals surface area contributed by atoms with Crippen molar-refractivity contribution in [1.29, 1.82) is 0 Å². The summed E-state index contributed by atoms with van der Waals surface area (Å²) in [5.74, 6) is -0.337. The summed E-state index contributed by atoms with van der Waals surface area (Å²) in [6, 6.07) is 11.6. The number of aromatic nitrogens is 1. The summed E-state index contributed by atoms with van der Waals surface area (Å²) >= 11 is 0. The van der Waals surface area contributed by atoms with Gasteiger partial charge in [0.15, 0.2) is 0 Å². The Labute approximate surface area is 124 Å². The predicted molar refractivity (Wildman–Crippen MR) is 83.3 cm³/mol. The summed E-state index contributed by atoms with van der Waals surface area (Å²) in [6.07, 6.45) is 4.39. The highest BCUT2D eigenvalue weighted by molar-refractivity contribution is 5.75. The molecule has 0 aliphatic rings. The maximum Gasteiger partial charge on any atom is 0.231 e. The quantitative estimate of drug-likeness (QED) is 0.748. The van der Waals surface area contributed by atoms with E-state index in [1.165, 1.54) is 0 Å². The number of nitrogens with two attached hydrogens (primary N) is 2. The van der Waals surface area contributed by atoms with Gasteiger partial charge in [-0.15, -0.1) is 0 Å². The van der Waals surface area contributed by atoms with Crippen molar-refractivity contribution in [3.8, 4) is 0 Å². The van der Waals surface area contributed by atoms with Crippen LogP contribution in [0.2, 0.25) is 0 Å². The lowest BCUT2D eigenvalue weighted by molar-refractivity contribution is -0.119. The average Bonchev–Trinajstić information content (AvgIpc) is 2.48. The molecule has 110 valence electrons. The summed E-state index contributed by atoms with van der Waals surface area (Å²) in [5, 5.41) is 0. The first kappa shape index (κ1) is 15.0. The van der Waals surface area contributed by atoms with Crippen LogP contribution in [0.25, 0.3) is 0 Å². The van der Waals surface area contributed by atoms with Crippen molar-refractivity contribution < 1.29 is 4.79 Å². The molecule has 0 saturated heterocycles. The van der Waals surface area contributed by atoms with E-state index in [4.69, 9.17) is 11.5 Å². The first-order valence-electron chi connectivity index (χ1n) is 6.88. The van der Waals surface area contributed by atoms with E-state index in [-0.39, 0.29) is 12.5 Å². The van der Waals surface area contributed by atoms with Crippen LogP contribution in [0.4, 0.5) is 5.69 Å². The standard InChI is InChI=1S/C16H20N4O/c17-15-6-2-1-5-14(15)11-20(12-16(18)21)9-7-13-4-3-8-19-10-13/h1-6,8,10H,7,9,11-12,17H2,(H2,18,21). The fourth-order valence-corrected chi connectivity index (χ4v) is 2.19. The number of benzene rings is 1. The Kier molecular flexibility index (Phi) is 5.29. The molecule has 21 heavy (non-hydrogen) atoms. The van der Waals surface area contributed by atoms with E-state index in [9.17, 15) is 4.79 Å². The Morgan fingerprint density at radius 3 is 2.67 bits per heavy atom. The van der Waals surface area contributed by atoms with E-state index in [1.807, 2.05) is 47.5 Å². The SMILES string of the molecule is NC(=O)CN(CCc1cccnc1)Cc1ccccc1N. The second-order valence-corrected chi connectivity index (χ2v) is 4.99. The maximum absolute atomic E-state index is 11.2. The molecule has 4 N–H and O–H groups in total. The zero-order valence-electron chi connectivity index (χ0n) is 11.9. The number of pyridine rings is 1. The van der Waals surface area contributed by atoms with Crippen LogP contribution in [0.1, 0.15) is 11.1 Å². The number of para-hydroxylation sites is 1. The second kappa shape index (κ2) is 7.40. The van der Waals surface area contributed by atoms with Crippen molar-refractivity contribution in [2.45, 2.75) is 13.0 Å². The summed E-state index contributed by atoms with van der Waals surface area (Å²) in [6.45, 7) is 1.55. The van der Waals surface area contributed by atoms with Gasteiger partial charge in [-0.25, -0.2) is 0 Å². The van der Waals surface area contributed by atoms with Gasteiger partial charge < -0.3 is 11.5 Å². The zero-order chi connectivity index (χ0) is 15.1. The van der Waals surface area contributed by atoms with Crippen molar-refractivity contribution in [3.05, 3.63) is 59.9 Å². The number of hydrogen-bond acceptors (Lipinski definition) is 4. The van der Waals surface area contributed by atoms with Gasteiger partial charge in [0.05, 0.1) is 6.54 Å². The van der Waals surface area contributed by atoms with E-state index < -0.39 is 0 Å². The van der Waals surface area contributed by atoms with Crippen molar-refractivity contribution in [1.82, 2.24) is 9.88 Å². The normalized spacial score (nSPS) is 10.7. The third-order valence-electron chi connectivity index (χ3n) is 3.27. The van der Waals surface area contributed by atoms with Crippen LogP contribution in [0, 0.1) is 0 Å².